The number of rotatable bonds is 3. The van der Waals surface area contributed by atoms with E-state index in [2.05, 4.69) is 23.1 Å². The third kappa shape index (κ3) is 2.47. The van der Waals surface area contributed by atoms with Crippen molar-refractivity contribution in [2.24, 2.45) is 12.2 Å². The van der Waals surface area contributed by atoms with E-state index in [0.29, 0.717) is 0 Å². The second-order valence-electron chi connectivity index (χ2n) is 6.17. The van der Waals surface area contributed by atoms with Crippen LogP contribution in [0.3, 0.4) is 0 Å². The lowest BCUT2D eigenvalue weighted by atomic mass is 10.0. The standard InChI is InChI=1S/C18H18N4O2S/c1-3-11-6-9-15-16(11)18-14(10-20-15)17(21-22(18)2)12-4-7-13(8-5-12)25(19,23)24/h4-8,10H,3,9H2,1-2H3,(H2,19,23,24). The summed E-state index contributed by atoms with van der Waals surface area (Å²) < 4.78 is 24.8. The highest BCUT2D eigenvalue weighted by atomic mass is 32.2. The van der Waals surface area contributed by atoms with Gasteiger partial charge in [-0.1, -0.05) is 25.1 Å². The average molecular weight is 354 g/mol. The summed E-state index contributed by atoms with van der Waals surface area (Å²) in [7, 11) is -1.78. The van der Waals surface area contributed by atoms with Crippen molar-refractivity contribution in [1.82, 2.24) is 14.8 Å². The van der Waals surface area contributed by atoms with Crippen LogP contribution in [-0.4, -0.2) is 23.2 Å². The molecule has 0 bridgehead atoms. The monoisotopic (exact) mass is 354 g/mol. The molecule has 2 heterocycles. The second-order valence-corrected chi connectivity index (χ2v) is 7.73. The lowest BCUT2D eigenvalue weighted by Gasteiger charge is -2.06. The Bertz CT molecular complexity index is 1130. The van der Waals surface area contributed by atoms with Gasteiger partial charge in [0.15, 0.2) is 0 Å². The van der Waals surface area contributed by atoms with Crippen molar-refractivity contribution < 1.29 is 8.42 Å². The van der Waals surface area contributed by atoms with Gasteiger partial charge in [0, 0.05) is 36.2 Å². The zero-order chi connectivity index (χ0) is 17.8. The largest absolute Gasteiger partial charge is 0.267 e. The fourth-order valence-corrected chi connectivity index (χ4v) is 3.97. The summed E-state index contributed by atoms with van der Waals surface area (Å²) in [5, 5.41) is 10.8. The molecule has 7 heteroatoms. The molecule has 1 aromatic carbocycles. The molecule has 2 aromatic heterocycles. The molecule has 0 spiro atoms. The summed E-state index contributed by atoms with van der Waals surface area (Å²) in [6.45, 7) is 2.14. The lowest BCUT2D eigenvalue weighted by molar-refractivity contribution is 0.598. The summed E-state index contributed by atoms with van der Waals surface area (Å²) in [6, 6.07) is 6.46. The Morgan fingerprint density at radius 3 is 2.60 bits per heavy atom. The summed E-state index contributed by atoms with van der Waals surface area (Å²) in [5.41, 5.74) is 6.26. The molecular formula is C18H18N4O2S. The Hall–Kier alpha value is -2.51. The van der Waals surface area contributed by atoms with E-state index >= 15 is 0 Å². The molecule has 0 atom stereocenters. The van der Waals surface area contributed by atoms with Gasteiger partial charge in [-0.3, -0.25) is 9.67 Å². The molecular weight excluding hydrogens is 336 g/mol. The smallest absolute Gasteiger partial charge is 0.238 e. The maximum Gasteiger partial charge on any atom is 0.238 e. The summed E-state index contributed by atoms with van der Waals surface area (Å²) >= 11 is 0. The molecule has 4 rings (SSSR count). The molecule has 3 aromatic rings. The Kier molecular flexibility index (Phi) is 3.52. The van der Waals surface area contributed by atoms with Crippen molar-refractivity contribution in [2.75, 3.05) is 0 Å². The van der Waals surface area contributed by atoms with Crippen molar-refractivity contribution in [1.29, 1.82) is 0 Å². The fourth-order valence-electron chi connectivity index (χ4n) is 3.45. The van der Waals surface area contributed by atoms with Gasteiger partial charge in [-0.2, -0.15) is 5.10 Å². The van der Waals surface area contributed by atoms with Gasteiger partial charge in [-0.15, -0.1) is 0 Å². The van der Waals surface area contributed by atoms with Gasteiger partial charge in [0.05, 0.1) is 16.1 Å². The highest BCUT2D eigenvalue weighted by Crippen LogP contribution is 2.37. The fraction of sp³-hybridized carbons (Fsp3) is 0.222. The number of aromatic nitrogens is 3. The van der Waals surface area contributed by atoms with Gasteiger partial charge in [0.1, 0.15) is 5.69 Å². The minimum Gasteiger partial charge on any atom is -0.267 e. The van der Waals surface area contributed by atoms with E-state index in [4.69, 9.17) is 5.14 Å². The van der Waals surface area contributed by atoms with Crippen LogP contribution in [-0.2, 0) is 23.5 Å². The Morgan fingerprint density at radius 2 is 1.96 bits per heavy atom. The van der Waals surface area contributed by atoms with E-state index in [9.17, 15) is 8.42 Å². The molecule has 0 radical (unpaired) electrons. The van der Waals surface area contributed by atoms with E-state index in [1.807, 2.05) is 17.9 Å². The molecule has 6 nitrogen and oxygen atoms in total. The van der Waals surface area contributed by atoms with Gasteiger partial charge in [-0.05, 0) is 24.1 Å². The zero-order valence-electron chi connectivity index (χ0n) is 14.0. The van der Waals surface area contributed by atoms with Crippen molar-refractivity contribution in [3.8, 4) is 11.3 Å². The molecule has 1 aliphatic rings. The van der Waals surface area contributed by atoms with E-state index < -0.39 is 10.0 Å². The van der Waals surface area contributed by atoms with Crippen LogP contribution >= 0.6 is 0 Å². The number of pyridine rings is 1. The predicted octanol–water partition coefficient (Wildman–Crippen LogP) is 2.63. The van der Waals surface area contributed by atoms with Crippen LogP contribution in [0.5, 0.6) is 0 Å². The number of benzene rings is 1. The third-order valence-corrected chi connectivity index (χ3v) is 5.59. The number of aryl methyl sites for hydroxylation is 1. The Balaban J connectivity index is 1.92. The van der Waals surface area contributed by atoms with Gasteiger partial charge >= 0.3 is 0 Å². The number of nitrogens with zero attached hydrogens (tertiary/aromatic N) is 3. The molecule has 0 aliphatic heterocycles. The van der Waals surface area contributed by atoms with Crippen molar-refractivity contribution in [3.05, 3.63) is 47.8 Å². The average Bonchev–Trinajstić information content (AvgIpc) is 3.15. The summed E-state index contributed by atoms with van der Waals surface area (Å²) in [5.74, 6) is 0. The summed E-state index contributed by atoms with van der Waals surface area (Å²) in [6.07, 6.45) is 5.90. The molecule has 0 unspecified atom stereocenters. The van der Waals surface area contributed by atoms with Crippen LogP contribution < -0.4 is 5.14 Å². The Morgan fingerprint density at radius 1 is 1.24 bits per heavy atom. The van der Waals surface area contributed by atoms with Gasteiger partial charge in [-0.25, -0.2) is 13.6 Å². The van der Waals surface area contributed by atoms with Gasteiger partial charge in [0.25, 0.3) is 0 Å². The second kappa shape index (κ2) is 5.50. The van der Waals surface area contributed by atoms with E-state index in [-0.39, 0.29) is 4.90 Å². The number of sulfonamides is 1. The Labute approximate surface area is 146 Å². The number of hydrogen-bond donors (Lipinski definition) is 1. The number of allylic oxidation sites excluding steroid dienone is 2. The van der Waals surface area contributed by atoms with Crippen LogP contribution in [0.1, 0.15) is 24.6 Å². The number of fused-ring (bicyclic) bond motifs is 3. The quantitative estimate of drug-likeness (QED) is 0.783. The van der Waals surface area contributed by atoms with Crippen molar-refractivity contribution in [3.63, 3.8) is 0 Å². The van der Waals surface area contributed by atoms with E-state index in [1.54, 1.807) is 12.1 Å². The molecule has 2 N–H and O–H groups in total. The highest BCUT2D eigenvalue weighted by Gasteiger charge is 2.22. The van der Waals surface area contributed by atoms with Crippen molar-refractivity contribution in [2.45, 2.75) is 24.7 Å². The summed E-state index contributed by atoms with van der Waals surface area (Å²) in [4.78, 5) is 4.71. The highest BCUT2D eigenvalue weighted by molar-refractivity contribution is 7.89. The van der Waals surface area contributed by atoms with Crippen LogP contribution in [0, 0.1) is 0 Å². The van der Waals surface area contributed by atoms with Crippen molar-refractivity contribution >= 4 is 26.5 Å². The molecule has 25 heavy (non-hydrogen) atoms. The third-order valence-electron chi connectivity index (χ3n) is 4.66. The van der Waals surface area contributed by atoms with E-state index in [1.165, 1.54) is 23.3 Å². The minimum absolute atomic E-state index is 0.0895. The number of nitrogens with two attached hydrogens (primary N) is 1. The maximum atomic E-state index is 11.4. The van der Waals surface area contributed by atoms with E-state index in [0.717, 1.165) is 40.7 Å². The van der Waals surface area contributed by atoms with Crippen LogP contribution in [0.25, 0.3) is 27.7 Å². The first-order valence-corrected chi connectivity index (χ1v) is 9.62. The first kappa shape index (κ1) is 16.0. The topological polar surface area (TPSA) is 90.9 Å². The molecule has 0 saturated heterocycles. The lowest BCUT2D eigenvalue weighted by Crippen LogP contribution is -2.11. The maximum absolute atomic E-state index is 11.4. The molecule has 0 fully saturated rings. The molecule has 128 valence electrons. The van der Waals surface area contributed by atoms with Gasteiger partial charge in [0.2, 0.25) is 10.0 Å². The molecule has 0 saturated carbocycles. The molecule has 0 amide bonds. The number of hydrogen-bond acceptors (Lipinski definition) is 4. The van der Waals surface area contributed by atoms with Gasteiger partial charge < -0.3 is 0 Å². The SMILES string of the molecule is CCC1=CCc2ncc3c(-c4ccc(S(N)(=O)=O)cc4)nn(C)c3c21. The number of primary sulfonamides is 1. The van der Waals surface area contributed by atoms with Crippen LogP contribution in [0.15, 0.2) is 41.4 Å². The molecule has 1 aliphatic carbocycles. The first-order chi connectivity index (χ1) is 11.9. The zero-order valence-corrected chi connectivity index (χ0v) is 14.8. The van der Waals surface area contributed by atoms with Crippen LogP contribution in [0.2, 0.25) is 0 Å². The van der Waals surface area contributed by atoms with Crippen LogP contribution in [0.4, 0.5) is 0 Å². The normalized spacial score (nSPS) is 14.0. The first-order valence-electron chi connectivity index (χ1n) is 8.07. The minimum atomic E-state index is -3.70. The predicted molar refractivity (Wildman–Crippen MR) is 97.3 cm³/mol.